The van der Waals surface area contributed by atoms with Crippen LogP contribution in [-0.2, 0) is 21.0 Å². The monoisotopic (exact) mass is 398 g/mol. The summed E-state index contributed by atoms with van der Waals surface area (Å²) in [7, 11) is 0. The fourth-order valence-electron chi connectivity index (χ4n) is 4.20. The van der Waals surface area contributed by atoms with Crippen LogP contribution in [0.5, 0.6) is 0 Å². The molecule has 4 heteroatoms. The maximum Gasteiger partial charge on any atom is 0.328 e. The molecular weight excluding hydrogens is 364 g/mol. The van der Waals surface area contributed by atoms with Crippen LogP contribution in [0.1, 0.15) is 59.4 Å². The van der Waals surface area contributed by atoms with Gasteiger partial charge < -0.3 is 5.11 Å². The van der Waals surface area contributed by atoms with Gasteiger partial charge in [0.15, 0.2) is 0 Å². The minimum atomic E-state index is -0.978. The van der Waals surface area contributed by atoms with Gasteiger partial charge in [-0.05, 0) is 64.5 Å². The van der Waals surface area contributed by atoms with Crippen LogP contribution in [0.3, 0.4) is 0 Å². The second kappa shape index (κ2) is 10.0. The highest BCUT2D eigenvalue weighted by Crippen LogP contribution is 2.41. The van der Waals surface area contributed by atoms with E-state index in [9.17, 15) is 4.79 Å². The summed E-state index contributed by atoms with van der Waals surface area (Å²) < 4.78 is 0. The molecule has 0 bridgehead atoms. The van der Waals surface area contributed by atoms with Crippen LogP contribution in [-0.4, -0.2) is 22.3 Å². The zero-order valence-corrected chi connectivity index (χ0v) is 18.3. The average molecular weight is 399 g/mol. The van der Waals surface area contributed by atoms with Crippen LogP contribution in [0.2, 0.25) is 0 Å². The maximum absolute atomic E-state index is 10.8. The smallest absolute Gasteiger partial charge is 0.328 e. The lowest BCUT2D eigenvalue weighted by molar-refractivity contribution is -0.337. The van der Waals surface area contributed by atoms with Gasteiger partial charge in [-0.1, -0.05) is 60.6 Å². The Hall–Kier alpha value is -2.17. The molecule has 29 heavy (non-hydrogen) atoms. The maximum atomic E-state index is 10.8. The molecule has 1 aliphatic heterocycles. The number of rotatable bonds is 9. The Labute approximate surface area is 174 Å². The normalized spacial score (nSPS) is 26.8. The van der Waals surface area contributed by atoms with Crippen molar-refractivity contribution in [2.75, 3.05) is 0 Å². The van der Waals surface area contributed by atoms with Gasteiger partial charge >= 0.3 is 5.97 Å². The number of hydrogen-bond acceptors (Lipinski definition) is 3. The molecule has 3 atom stereocenters. The topological polar surface area (TPSA) is 55.8 Å². The van der Waals surface area contributed by atoms with Crippen LogP contribution in [0.25, 0.3) is 0 Å². The third-order valence-electron chi connectivity index (χ3n) is 5.16. The van der Waals surface area contributed by atoms with Crippen molar-refractivity contribution < 1.29 is 19.7 Å². The number of aliphatic carboxylic acids is 1. The third-order valence-corrected chi connectivity index (χ3v) is 5.16. The van der Waals surface area contributed by atoms with Crippen LogP contribution < -0.4 is 0 Å². The van der Waals surface area contributed by atoms with Gasteiger partial charge in [-0.15, -0.1) is 0 Å². The van der Waals surface area contributed by atoms with E-state index in [-0.39, 0.29) is 0 Å². The van der Waals surface area contributed by atoms with Crippen molar-refractivity contribution in [3.05, 3.63) is 71.3 Å². The quantitative estimate of drug-likeness (QED) is 0.313. The van der Waals surface area contributed by atoms with Crippen molar-refractivity contribution in [2.45, 2.75) is 71.5 Å². The second-order valence-electron chi connectivity index (χ2n) is 8.92. The summed E-state index contributed by atoms with van der Waals surface area (Å²) in [6.45, 7) is 10.4. The molecule has 0 unspecified atom stereocenters. The third kappa shape index (κ3) is 8.00. The summed E-state index contributed by atoms with van der Waals surface area (Å²) in [6.07, 6.45) is 10.6. The van der Waals surface area contributed by atoms with Crippen molar-refractivity contribution in [1.82, 2.24) is 0 Å². The number of carboxylic acids is 1. The SMILES string of the molecule is CC(=C\Cc1ccccc1)/C=C(\C)C[C@H](C)C[C@@]1(C)C[C@@](C)(/C=C/C(=O)O)OO1. The fourth-order valence-corrected chi connectivity index (χ4v) is 4.20. The minimum absolute atomic E-state index is 0.421. The number of benzene rings is 1. The Morgan fingerprint density at radius 2 is 1.90 bits per heavy atom. The molecule has 4 nitrogen and oxygen atoms in total. The molecular formula is C25H34O4. The summed E-state index contributed by atoms with van der Waals surface area (Å²) in [5, 5.41) is 8.84. The lowest BCUT2D eigenvalue weighted by Crippen LogP contribution is -2.29. The van der Waals surface area contributed by atoms with Gasteiger partial charge in [0.1, 0.15) is 11.2 Å². The van der Waals surface area contributed by atoms with Gasteiger partial charge in [-0.2, -0.15) is 0 Å². The molecule has 1 aliphatic rings. The van der Waals surface area contributed by atoms with E-state index >= 15 is 0 Å². The van der Waals surface area contributed by atoms with Crippen molar-refractivity contribution in [3.63, 3.8) is 0 Å². The van der Waals surface area contributed by atoms with E-state index in [1.54, 1.807) is 6.08 Å². The van der Waals surface area contributed by atoms with Gasteiger partial charge in [0, 0.05) is 12.5 Å². The molecule has 1 aromatic carbocycles. The standard InChI is InChI=1S/C25H34O4/c1-19(11-12-22-9-7-6-8-10-22)15-20(2)16-21(3)17-25(5)18-24(4,28-29-25)14-13-23(26)27/h6-11,13-15,21H,12,16-18H2,1-5H3,(H,26,27)/b14-13+,19-11+,20-15+/t21-,24+,25-/m0/s1. The molecule has 158 valence electrons. The molecule has 0 aliphatic carbocycles. The predicted molar refractivity (Wildman–Crippen MR) is 116 cm³/mol. The Bertz CT molecular complexity index is 777. The van der Waals surface area contributed by atoms with Crippen LogP contribution in [0.15, 0.2) is 65.8 Å². The summed E-state index contributed by atoms with van der Waals surface area (Å²) in [5.41, 5.74) is 2.81. The van der Waals surface area contributed by atoms with E-state index in [4.69, 9.17) is 14.9 Å². The molecule has 2 rings (SSSR count). The van der Waals surface area contributed by atoms with E-state index in [0.717, 1.165) is 25.3 Å². The lowest BCUT2D eigenvalue weighted by Gasteiger charge is -2.25. The van der Waals surface area contributed by atoms with Crippen molar-refractivity contribution in [1.29, 1.82) is 0 Å². The Morgan fingerprint density at radius 1 is 1.21 bits per heavy atom. The molecule has 0 spiro atoms. The molecule has 0 aromatic heterocycles. The largest absolute Gasteiger partial charge is 0.478 e. The molecule has 1 aromatic rings. The van der Waals surface area contributed by atoms with Gasteiger partial charge in [0.05, 0.1) is 0 Å². The zero-order valence-electron chi connectivity index (χ0n) is 18.3. The number of allylic oxidation sites excluding steroid dienone is 4. The summed E-state index contributed by atoms with van der Waals surface area (Å²) in [5.74, 6) is -0.555. The Kier molecular flexibility index (Phi) is 8.00. The van der Waals surface area contributed by atoms with Crippen LogP contribution >= 0.6 is 0 Å². The van der Waals surface area contributed by atoms with Gasteiger partial charge in [-0.3, -0.25) is 0 Å². The Balaban J connectivity index is 1.88. The summed E-state index contributed by atoms with van der Waals surface area (Å²) in [6, 6.07) is 10.5. The van der Waals surface area contributed by atoms with E-state index in [1.165, 1.54) is 16.7 Å². The predicted octanol–water partition coefficient (Wildman–Crippen LogP) is 6.05. The summed E-state index contributed by atoms with van der Waals surface area (Å²) >= 11 is 0. The van der Waals surface area contributed by atoms with E-state index in [0.29, 0.717) is 12.3 Å². The fraction of sp³-hybridized carbons (Fsp3) is 0.480. The number of hydrogen-bond donors (Lipinski definition) is 1. The summed E-state index contributed by atoms with van der Waals surface area (Å²) in [4.78, 5) is 21.9. The molecule has 1 heterocycles. The van der Waals surface area contributed by atoms with E-state index < -0.39 is 17.2 Å². The first-order chi connectivity index (χ1) is 13.6. The highest BCUT2D eigenvalue weighted by Gasteiger charge is 2.45. The van der Waals surface area contributed by atoms with Crippen LogP contribution in [0.4, 0.5) is 0 Å². The molecule has 1 saturated heterocycles. The average Bonchev–Trinajstić information content (AvgIpc) is 2.94. The highest BCUT2D eigenvalue weighted by atomic mass is 17.2. The first-order valence-corrected chi connectivity index (χ1v) is 10.3. The van der Waals surface area contributed by atoms with E-state index in [2.05, 4.69) is 57.2 Å². The molecule has 0 radical (unpaired) electrons. The van der Waals surface area contributed by atoms with Crippen LogP contribution in [0, 0.1) is 5.92 Å². The van der Waals surface area contributed by atoms with Gasteiger partial charge in [-0.25, -0.2) is 14.6 Å². The lowest BCUT2D eigenvalue weighted by atomic mass is 9.82. The van der Waals surface area contributed by atoms with Gasteiger partial charge in [0.25, 0.3) is 0 Å². The molecule has 0 saturated carbocycles. The first-order valence-electron chi connectivity index (χ1n) is 10.3. The molecule has 0 amide bonds. The number of carboxylic acid groups (broad SMARTS) is 1. The highest BCUT2D eigenvalue weighted by molar-refractivity contribution is 5.79. The molecule has 1 fully saturated rings. The first kappa shape index (κ1) is 23.1. The minimum Gasteiger partial charge on any atom is -0.478 e. The van der Waals surface area contributed by atoms with Crippen molar-refractivity contribution in [2.24, 2.45) is 5.92 Å². The van der Waals surface area contributed by atoms with Gasteiger partial charge in [0.2, 0.25) is 0 Å². The second-order valence-corrected chi connectivity index (χ2v) is 8.92. The van der Waals surface area contributed by atoms with Crippen molar-refractivity contribution >= 4 is 5.97 Å². The Morgan fingerprint density at radius 3 is 2.55 bits per heavy atom. The molecule has 1 N–H and O–H groups in total. The van der Waals surface area contributed by atoms with Crippen molar-refractivity contribution in [3.8, 4) is 0 Å². The number of carbonyl (C=O) groups is 1. The van der Waals surface area contributed by atoms with E-state index in [1.807, 2.05) is 19.9 Å². The zero-order chi connectivity index (χ0) is 21.5.